The van der Waals surface area contributed by atoms with E-state index in [1.54, 1.807) is 6.07 Å². The maximum absolute atomic E-state index is 11.7. The third kappa shape index (κ3) is 3.31. The molecule has 0 fully saturated rings. The van der Waals surface area contributed by atoms with Crippen LogP contribution in [0.4, 0.5) is 0 Å². The first-order valence-electron chi connectivity index (χ1n) is 7.01. The predicted molar refractivity (Wildman–Crippen MR) is 80.6 cm³/mol. The van der Waals surface area contributed by atoms with Crippen molar-refractivity contribution in [3.63, 3.8) is 0 Å². The minimum Gasteiger partial charge on any atom is -0.472 e. The Labute approximate surface area is 123 Å². The van der Waals surface area contributed by atoms with Crippen LogP contribution < -0.4 is 10.6 Å². The van der Waals surface area contributed by atoms with Gasteiger partial charge in [-0.25, -0.2) is 0 Å². The first-order chi connectivity index (χ1) is 10.3. The molecule has 0 unspecified atom stereocenters. The molecule has 3 rings (SSSR count). The standard InChI is InChI=1S/C16H17N3O2/c20-16(14-6-10-21-11-14)19-7-5-12-1-3-13(4-2-12)15-17-8-9-18-15/h1-4,6,10-11H,5,7-9H2,(H,17,18)(H,19,20). The fraction of sp³-hybridized carbons (Fsp3) is 0.250. The second-order valence-corrected chi connectivity index (χ2v) is 4.87. The van der Waals surface area contributed by atoms with Gasteiger partial charge >= 0.3 is 0 Å². The van der Waals surface area contributed by atoms with Crippen molar-refractivity contribution >= 4 is 11.7 Å². The van der Waals surface area contributed by atoms with Gasteiger partial charge in [0.25, 0.3) is 5.91 Å². The van der Waals surface area contributed by atoms with Crippen LogP contribution in [0.1, 0.15) is 21.5 Å². The molecule has 1 aromatic carbocycles. The Morgan fingerprint density at radius 1 is 1.29 bits per heavy atom. The van der Waals surface area contributed by atoms with Gasteiger partial charge in [-0.15, -0.1) is 0 Å². The van der Waals surface area contributed by atoms with E-state index in [2.05, 4.69) is 39.9 Å². The quantitative estimate of drug-likeness (QED) is 0.876. The minimum atomic E-state index is -0.107. The summed E-state index contributed by atoms with van der Waals surface area (Å²) in [6.07, 6.45) is 3.73. The van der Waals surface area contributed by atoms with Crippen molar-refractivity contribution in [1.29, 1.82) is 0 Å². The molecule has 0 bridgehead atoms. The number of benzene rings is 1. The van der Waals surface area contributed by atoms with Crippen LogP contribution in [0, 0.1) is 0 Å². The maximum Gasteiger partial charge on any atom is 0.254 e. The molecule has 2 aromatic rings. The van der Waals surface area contributed by atoms with Crippen molar-refractivity contribution in [2.24, 2.45) is 4.99 Å². The summed E-state index contributed by atoms with van der Waals surface area (Å²) in [4.78, 5) is 16.1. The van der Waals surface area contributed by atoms with Crippen LogP contribution in [0.3, 0.4) is 0 Å². The Morgan fingerprint density at radius 3 is 2.81 bits per heavy atom. The Morgan fingerprint density at radius 2 is 2.14 bits per heavy atom. The summed E-state index contributed by atoms with van der Waals surface area (Å²) in [5, 5.41) is 6.12. The number of nitrogens with zero attached hydrogens (tertiary/aromatic N) is 1. The molecule has 1 amide bonds. The molecule has 2 N–H and O–H groups in total. The fourth-order valence-corrected chi connectivity index (χ4v) is 2.24. The average Bonchev–Trinajstić information content (AvgIpc) is 3.21. The summed E-state index contributed by atoms with van der Waals surface area (Å²) in [6.45, 7) is 2.36. The molecule has 21 heavy (non-hydrogen) atoms. The lowest BCUT2D eigenvalue weighted by Crippen LogP contribution is -2.25. The van der Waals surface area contributed by atoms with Crippen molar-refractivity contribution in [1.82, 2.24) is 10.6 Å². The fourth-order valence-electron chi connectivity index (χ4n) is 2.24. The van der Waals surface area contributed by atoms with E-state index < -0.39 is 0 Å². The highest BCUT2D eigenvalue weighted by Crippen LogP contribution is 2.07. The molecule has 1 aliphatic heterocycles. The molecular weight excluding hydrogens is 266 g/mol. The van der Waals surface area contributed by atoms with Crippen LogP contribution >= 0.6 is 0 Å². The summed E-state index contributed by atoms with van der Waals surface area (Å²) in [5.41, 5.74) is 2.85. The Balaban J connectivity index is 1.50. The molecule has 0 saturated heterocycles. The number of nitrogens with one attached hydrogen (secondary N) is 2. The number of carbonyl (C=O) groups is 1. The number of furan rings is 1. The predicted octanol–water partition coefficient (Wildman–Crippen LogP) is 1.60. The smallest absolute Gasteiger partial charge is 0.254 e. The molecule has 1 aliphatic rings. The molecule has 5 nitrogen and oxygen atoms in total. The monoisotopic (exact) mass is 283 g/mol. The molecule has 0 saturated carbocycles. The van der Waals surface area contributed by atoms with Gasteiger partial charge in [-0.3, -0.25) is 9.79 Å². The molecule has 0 spiro atoms. The van der Waals surface area contributed by atoms with Crippen LogP contribution in [0.15, 0.2) is 52.3 Å². The van der Waals surface area contributed by atoms with Gasteiger partial charge in [0, 0.05) is 18.7 Å². The van der Waals surface area contributed by atoms with Crippen LogP contribution in [-0.2, 0) is 6.42 Å². The van der Waals surface area contributed by atoms with E-state index in [0.717, 1.165) is 30.9 Å². The third-order valence-corrected chi connectivity index (χ3v) is 3.38. The lowest BCUT2D eigenvalue weighted by molar-refractivity contribution is 0.0953. The lowest BCUT2D eigenvalue weighted by atomic mass is 10.1. The van der Waals surface area contributed by atoms with E-state index in [1.807, 2.05) is 0 Å². The van der Waals surface area contributed by atoms with Gasteiger partial charge in [-0.1, -0.05) is 24.3 Å². The van der Waals surface area contributed by atoms with Crippen LogP contribution in [0.2, 0.25) is 0 Å². The molecular formula is C16H17N3O2. The van der Waals surface area contributed by atoms with Gasteiger partial charge in [0.05, 0.1) is 18.4 Å². The molecule has 2 heterocycles. The van der Waals surface area contributed by atoms with Crippen molar-refractivity contribution < 1.29 is 9.21 Å². The molecule has 5 heteroatoms. The zero-order chi connectivity index (χ0) is 14.5. The largest absolute Gasteiger partial charge is 0.472 e. The van der Waals surface area contributed by atoms with E-state index in [0.29, 0.717) is 12.1 Å². The molecule has 1 aromatic heterocycles. The molecule has 108 valence electrons. The first kappa shape index (κ1) is 13.4. The van der Waals surface area contributed by atoms with Crippen LogP contribution in [0.25, 0.3) is 0 Å². The normalized spacial score (nSPS) is 13.6. The van der Waals surface area contributed by atoms with E-state index in [9.17, 15) is 4.79 Å². The Kier molecular flexibility index (Phi) is 4.00. The highest BCUT2D eigenvalue weighted by Gasteiger charge is 2.08. The van der Waals surface area contributed by atoms with Gasteiger partial charge in [0.15, 0.2) is 0 Å². The maximum atomic E-state index is 11.7. The molecule has 0 aliphatic carbocycles. The highest BCUT2D eigenvalue weighted by molar-refractivity contribution is 5.99. The summed E-state index contributed by atoms with van der Waals surface area (Å²) in [5.74, 6) is 0.861. The van der Waals surface area contributed by atoms with Gasteiger partial charge in [0.2, 0.25) is 0 Å². The summed E-state index contributed by atoms with van der Waals surface area (Å²) in [7, 11) is 0. The van der Waals surface area contributed by atoms with Crippen LogP contribution in [0.5, 0.6) is 0 Å². The van der Waals surface area contributed by atoms with E-state index in [1.165, 1.54) is 18.1 Å². The van der Waals surface area contributed by atoms with E-state index >= 15 is 0 Å². The van der Waals surface area contributed by atoms with E-state index in [-0.39, 0.29) is 5.91 Å². The number of hydrogen-bond acceptors (Lipinski definition) is 4. The number of carbonyl (C=O) groups excluding carboxylic acids is 1. The summed E-state index contributed by atoms with van der Waals surface area (Å²) >= 11 is 0. The summed E-state index contributed by atoms with van der Waals surface area (Å²) < 4.78 is 4.88. The number of rotatable bonds is 5. The van der Waals surface area contributed by atoms with Gasteiger partial charge in [-0.2, -0.15) is 0 Å². The van der Waals surface area contributed by atoms with Crippen LogP contribution in [-0.4, -0.2) is 31.4 Å². The molecule has 0 atom stereocenters. The topological polar surface area (TPSA) is 66.6 Å². The Bertz CT molecular complexity index is 630. The van der Waals surface area contributed by atoms with Gasteiger partial charge in [-0.05, 0) is 18.1 Å². The van der Waals surface area contributed by atoms with Crippen molar-refractivity contribution in [2.75, 3.05) is 19.6 Å². The Hall–Kier alpha value is -2.56. The SMILES string of the molecule is O=C(NCCc1ccc(C2=NCCN2)cc1)c1ccoc1. The minimum absolute atomic E-state index is 0.107. The van der Waals surface area contributed by atoms with Crippen molar-refractivity contribution in [3.8, 4) is 0 Å². The van der Waals surface area contributed by atoms with Gasteiger partial charge < -0.3 is 15.1 Å². The third-order valence-electron chi connectivity index (χ3n) is 3.38. The van der Waals surface area contributed by atoms with E-state index in [4.69, 9.17) is 4.42 Å². The lowest BCUT2D eigenvalue weighted by Gasteiger charge is -2.06. The zero-order valence-corrected chi connectivity index (χ0v) is 11.6. The second kappa shape index (κ2) is 6.26. The molecule has 0 radical (unpaired) electrons. The highest BCUT2D eigenvalue weighted by atomic mass is 16.3. The number of aliphatic imine (C=N–C) groups is 1. The zero-order valence-electron chi connectivity index (χ0n) is 11.6. The van der Waals surface area contributed by atoms with Gasteiger partial charge in [0.1, 0.15) is 12.1 Å². The number of amidine groups is 1. The number of hydrogen-bond donors (Lipinski definition) is 2. The van der Waals surface area contributed by atoms with Crippen molar-refractivity contribution in [2.45, 2.75) is 6.42 Å². The first-order valence-corrected chi connectivity index (χ1v) is 7.01. The second-order valence-electron chi connectivity index (χ2n) is 4.87. The summed E-state index contributed by atoms with van der Waals surface area (Å²) in [6, 6.07) is 9.91. The average molecular weight is 283 g/mol. The van der Waals surface area contributed by atoms with Crippen molar-refractivity contribution in [3.05, 3.63) is 59.5 Å². The number of amides is 1.